The summed E-state index contributed by atoms with van der Waals surface area (Å²) < 4.78 is 2.31. The lowest BCUT2D eigenvalue weighted by Gasteiger charge is -2.23. The van der Waals surface area contributed by atoms with Crippen molar-refractivity contribution in [2.45, 2.75) is 19.0 Å². The van der Waals surface area contributed by atoms with Gasteiger partial charge in [-0.3, -0.25) is 9.47 Å². The van der Waals surface area contributed by atoms with Crippen LogP contribution in [-0.4, -0.2) is 33.0 Å². The summed E-state index contributed by atoms with van der Waals surface area (Å²) in [7, 11) is 2.19. The van der Waals surface area contributed by atoms with E-state index in [9.17, 15) is 0 Å². The number of fused-ring (bicyclic) bond motifs is 1. The van der Waals surface area contributed by atoms with Crippen molar-refractivity contribution in [1.82, 2.24) is 19.4 Å². The predicted molar refractivity (Wildman–Crippen MR) is 81.7 cm³/mol. The molecule has 1 aliphatic rings. The van der Waals surface area contributed by atoms with E-state index in [1.54, 1.807) is 11.3 Å². The Hall–Kier alpha value is -1.72. The Morgan fingerprint density at radius 2 is 2.25 bits per heavy atom. The Morgan fingerprint density at radius 3 is 3.00 bits per heavy atom. The lowest BCUT2D eigenvalue weighted by atomic mass is 10.3. The highest BCUT2D eigenvalue weighted by Crippen LogP contribution is 2.35. The van der Waals surface area contributed by atoms with Gasteiger partial charge in [0.1, 0.15) is 5.52 Å². The summed E-state index contributed by atoms with van der Waals surface area (Å²) in [6.45, 7) is 1.14. The van der Waals surface area contributed by atoms with E-state index in [0.717, 1.165) is 30.0 Å². The van der Waals surface area contributed by atoms with Crippen LogP contribution in [0.2, 0.25) is 0 Å². The zero-order valence-electron chi connectivity index (χ0n) is 11.4. The third-order valence-corrected chi connectivity index (χ3v) is 4.84. The molecule has 1 saturated heterocycles. The van der Waals surface area contributed by atoms with Gasteiger partial charge in [0.05, 0.1) is 11.0 Å². The van der Waals surface area contributed by atoms with Gasteiger partial charge in [-0.1, -0.05) is 6.07 Å². The molecule has 0 spiro atoms. The van der Waals surface area contributed by atoms with Crippen molar-refractivity contribution in [3.8, 4) is 10.7 Å². The summed E-state index contributed by atoms with van der Waals surface area (Å²) in [6.07, 6.45) is 4.62. The van der Waals surface area contributed by atoms with Gasteiger partial charge in [-0.2, -0.15) is 0 Å². The molecular weight excluding hydrogens is 268 g/mol. The molecule has 0 aliphatic carbocycles. The highest BCUT2D eigenvalue weighted by atomic mass is 32.1. The molecule has 0 bridgehead atoms. The maximum atomic E-state index is 4.82. The summed E-state index contributed by atoms with van der Waals surface area (Å²) >= 11 is 1.74. The normalized spacial score (nSPS) is 19.9. The van der Waals surface area contributed by atoms with Gasteiger partial charge in [-0.15, -0.1) is 11.3 Å². The molecule has 102 valence electrons. The van der Waals surface area contributed by atoms with Crippen LogP contribution in [0.3, 0.4) is 0 Å². The molecule has 3 aromatic heterocycles. The fourth-order valence-corrected chi connectivity index (χ4v) is 3.72. The molecule has 3 aromatic rings. The number of likely N-dealkylation sites (tertiary alicyclic amines) is 1. The van der Waals surface area contributed by atoms with E-state index >= 15 is 0 Å². The molecule has 0 N–H and O–H groups in total. The first kappa shape index (κ1) is 12.1. The summed E-state index contributed by atoms with van der Waals surface area (Å²) in [6, 6.07) is 8.22. The van der Waals surface area contributed by atoms with E-state index in [0.29, 0.717) is 6.17 Å². The number of rotatable bonds is 2. The van der Waals surface area contributed by atoms with Crippen molar-refractivity contribution in [2.75, 3.05) is 13.6 Å². The van der Waals surface area contributed by atoms with Crippen LogP contribution in [-0.2, 0) is 0 Å². The van der Waals surface area contributed by atoms with Crippen molar-refractivity contribution in [2.24, 2.45) is 0 Å². The predicted octanol–water partition coefficient (Wildman–Crippen LogP) is 3.38. The van der Waals surface area contributed by atoms with Crippen molar-refractivity contribution in [3.05, 3.63) is 35.8 Å². The van der Waals surface area contributed by atoms with Crippen LogP contribution in [0.1, 0.15) is 19.0 Å². The lowest BCUT2D eigenvalue weighted by molar-refractivity contribution is 0.244. The minimum Gasteiger partial charge on any atom is -0.291 e. The highest BCUT2D eigenvalue weighted by Gasteiger charge is 2.27. The Morgan fingerprint density at radius 1 is 1.30 bits per heavy atom. The van der Waals surface area contributed by atoms with Crippen LogP contribution in [0.15, 0.2) is 35.8 Å². The maximum Gasteiger partial charge on any atom is 0.161 e. The first-order valence-electron chi connectivity index (χ1n) is 6.91. The molecule has 0 aromatic carbocycles. The van der Waals surface area contributed by atoms with Crippen molar-refractivity contribution >= 4 is 22.5 Å². The van der Waals surface area contributed by atoms with E-state index < -0.39 is 0 Å². The van der Waals surface area contributed by atoms with Crippen LogP contribution in [0.25, 0.3) is 21.9 Å². The summed E-state index contributed by atoms with van der Waals surface area (Å²) in [5.74, 6) is 1.05. The number of thiophene rings is 1. The quantitative estimate of drug-likeness (QED) is 0.723. The van der Waals surface area contributed by atoms with Gasteiger partial charge in [-0.25, -0.2) is 9.97 Å². The van der Waals surface area contributed by atoms with Gasteiger partial charge in [-0.05, 0) is 50.0 Å². The van der Waals surface area contributed by atoms with Gasteiger partial charge >= 0.3 is 0 Å². The van der Waals surface area contributed by atoms with Crippen molar-refractivity contribution < 1.29 is 0 Å². The average Bonchev–Trinajstić information content (AvgIpc) is 3.15. The van der Waals surface area contributed by atoms with Crippen molar-refractivity contribution in [1.29, 1.82) is 0 Å². The van der Waals surface area contributed by atoms with Crippen LogP contribution in [0.5, 0.6) is 0 Å². The van der Waals surface area contributed by atoms with E-state index in [-0.39, 0.29) is 0 Å². The molecule has 1 atom stereocenters. The van der Waals surface area contributed by atoms with Gasteiger partial charge in [0.15, 0.2) is 11.5 Å². The molecule has 4 nitrogen and oxygen atoms in total. The SMILES string of the molecule is CN1CCCC1n1c(-c2cccs2)nc2cccnc21. The van der Waals surface area contributed by atoms with Crippen molar-refractivity contribution in [3.63, 3.8) is 0 Å². The third kappa shape index (κ3) is 1.77. The smallest absolute Gasteiger partial charge is 0.161 e. The summed E-state index contributed by atoms with van der Waals surface area (Å²) in [5.41, 5.74) is 1.98. The average molecular weight is 284 g/mol. The molecule has 4 heterocycles. The van der Waals surface area contributed by atoms with Gasteiger partial charge in [0.2, 0.25) is 0 Å². The van der Waals surface area contributed by atoms with Gasteiger partial charge in [0.25, 0.3) is 0 Å². The largest absolute Gasteiger partial charge is 0.291 e. The number of hydrogen-bond donors (Lipinski definition) is 0. The zero-order valence-corrected chi connectivity index (χ0v) is 12.2. The Balaban J connectivity index is 1.98. The molecule has 4 rings (SSSR count). The minimum absolute atomic E-state index is 0.368. The molecule has 1 fully saturated rings. The van der Waals surface area contributed by atoms with Crippen LogP contribution < -0.4 is 0 Å². The fourth-order valence-electron chi connectivity index (χ4n) is 3.01. The number of aromatic nitrogens is 3. The first-order valence-corrected chi connectivity index (χ1v) is 7.79. The molecule has 0 radical (unpaired) electrons. The minimum atomic E-state index is 0.368. The number of pyridine rings is 1. The van der Waals surface area contributed by atoms with E-state index in [2.05, 4.69) is 39.0 Å². The second-order valence-corrected chi connectivity index (χ2v) is 6.18. The number of nitrogens with zero attached hydrogens (tertiary/aromatic N) is 4. The molecular formula is C15H16N4S. The van der Waals surface area contributed by atoms with E-state index in [1.165, 1.54) is 11.3 Å². The highest BCUT2D eigenvalue weighted by molar-refractivity contribution is 7.13. The van der Waals surface area contributed by atoms with Gasteiger partial charge < -0.3 is 0 Å². The fraction of sp³-hybridized carbons (Fsp3) is 0.333. The van der Waals surface area contributed by atoms with Crippen LogP contribution in [0, 0.1) is 0 Å². The topological polar surface area (TPSA) is 34.0 Å². The molecule has 20 heavy (non-hydrogen) atoms. The third-order valence-electron chi connectivity index (χ3n) is 3.97. The second-order valence-electron chi connectivity index (χ2n) is 5.23. The first-order chi connectivity index (χ1) is 9.84. The van der Waals surface area contributed by atoms with Crippen LogP contribution >= 0.6 is 11.3 Å². The number of imidazole rings is 1. The molecule has 1 aliphatic heterocycles. The zero-order chi connectivity index (χ0) is 13.5. The summed E-state index contributed by atoms with van der Waals surface area (Å²) in [5, 5.41) is 2.10. The summed E-state index contributed by atoms with van der Waals surface area (Å²) in [4.78, 5) is 13.0. The van der Waals surface area contributed by atoms with Crippen LogP contribution in [0.4, 0.5) is 0 Å². The van der Waals surface area contributed by atoms with E-state index in [4.69, 9.17) is 4.98 Å². The molecule has 1 unspecified atom stereocenters. The van der Waals surface area contributed by atoms with Gasteiger partial charge in [0, 0.05) is 6.20 Å². The monoisotopic (exact) mass is 284 g/mol. The molecule has 5 heteroatoms. The Labute approximate surface area is 121 Å². The maximum absolute atomic E-state index is 4.82. The second kappa shape index (κ2) is 4.68. The van der Waals surface area contributed by atoms with E-state index in [1.807, 2.05) is 18.3 Å². The Bertz CT molecular complexity index is 732. The lowest BCUT2D eigenvalue weighted by Crippen LogP contribution is -2.23. The molecule has 0 saturated carbocycles. The Kier molecular flexibility index (Phi) is 2.82. The number of hydrogen-bond acceptors (Lipinski definition) is 4. The molecule has 0 amide bonds. The standard InChI is InChI=1S/C15H16N4S/c1-18-9-3-7-13(18)19-14-11(5-2-8-16-14)17-15(19)12-6-4-10-20-12/h2,4-6,8,10,13H,3,7,9H2,1H3.